The highest BCUT2D eigenvalue weighted by molar-refractivity contribution is 7.22. The molecule has 5 heteroatoms. The van der Waals surface area contributed by atoms with E-state index in [2.05, 4.69) is 25.9 Å². The molecule has 20 heavy (non-hydrogen) atoms. The van der Waals surface area contributed by atoms with Crippen molar-refractivity contribution in [2.75, 3.05) is 11.9 Å². The number of thiazole rings is 1. The minimum absolute atomic E-state index is 0.929. The number of para-hydroxylation sites is 1. The molecule has 0 amide bonds. The number of nitrogens with one attached hydrogen (secondary N) is 1. The molecule has 2 heterocycles. The Kier molecular flexibility index (Phi) is 5.55. The van der Waals surface area contributed by atoms with Gasteiger partial charge in [-0.05, 0) is 18.6 Å². The Balaban J connectivity index is 0.000000704. The summed E-state index contributed by atoms with van der Waals surface area (Å²) in [5.74, 6) is 0. The molecule has 0 bridgehead atoms. The van der Waals surface area contributed by atoms with Crippen LogP contribution < -0.4 is 5.32 Å². The van der Waals surface area contributed by atoms with Gasteiger partial charge in [0.25, 0.3) is 0 Å². The van der Waals surface area contributed by atoms with Gasteiger partial charge in [-0.3, -0.25) is 0 Å². The second-order valence-corrected chi connectivity index (χ2v) is 5.10. The van der Waals surface area contributed by atoms with Gasteiger partial charge in [-0.2, -0.15) is 0 Å². The van der Waals surface area contributed by atoms with Gasteiger partial charge < -0.3 is 9.88 Å². The van der Waals surface area contributed by atoms with E-state index in [1.807, 2.05) is 44.6 Å². The van der Waals surface area contributed by atoms with Crippen LogP contribution in [0.4, 0.5) is 5.13 Å². The van der Waals surface area contributed by atoms with Crippen molar-refractivity contribution in [3.8, 4) is 0 Å². The van der Waals surface area contributed by atoms with E-state index in [-0.39, 0.29) is 0 Å². The van der Waals surface area contributed by atoms with Crippen LogP contribution in [0.3, 0.4) is 0 Å². The van der Waals surface area contributed by atoms with Gasteiger partial charge in [0.05, 0.1) is 16.5 Å². The number of rotatable bonds is 5. The second kappa shape index (κ2) is 7.65. The SMILES string of the molecule is CC.c1ccc2sc(NCCCn3ccnc3)nc2c1. The molecule has 3 rings (SSSR count). The summed E-state index contributed by atoms with van der Waals surface area (Å²) in [5, 5.41) is 4.37. The molecule has 0 aliphatic heterocycles. The summed E-state index contributed by atoms with van der Waals surface area (Å²) >= 11 is 1.70. The molecule has 2 aromatic heterocycles. The molecule has 1 N–H and O–H groups in total. The van der Waals surface area contributed by atoms with Crippen molar-refractivity contribution in [3.63, 3.8) is 0 Å². The van der Waals surface area contributed by atoms with Gasteiger partial charge in [-0.1, -0.05) is 37.3 Å². The zero-order valence-corrected chi connectivity index (χ0v) is 12.7. The van der Waals surface area contributed by atoms with Crippen molar-refractivity contribution >= 4 is 26.7 Å². The molecule has 0 radical (unpaired) electrons. The van der Waals surface area contributed by atoms with Gasteiger partial charge in [0.2, 0.25) is 0 Å². The highest BCUT2D eigenvalue weighted by Crippen LogP contribution is 2.25. The molecule has 0 atom stereocenters. The molecular formula is C15H20N4S. The highest BCUT2D eigenvalue weighted by Gasteiger charge is 2.01. The predicted molar refractivity (Wildman–Crippen MR) is 86.3 cm³/mol. The normalized spacial score (nSPS) is 10.1. The Morgan fingerprint density at radius 3 is 2.85 bits per heavy atom. The molecule has 4 nitrogen and oxygen atoms in total. The minimum Gasteiger partial charge on any atom is -0.361 e. The largest absolute Gasteiger partial charge is 0.361 e. The number of benzene rings is 1. The van der Waals surface area contributed by atoms with E-state index < -0.39 is 0 Å². The molecule has 106 valence electrons. The average Bonchev–Trinajstić information content (AvgIpc) is 3.14. The summed E-state index contributed by atoms with van der Waals surface area (Å²) in [5.41, 5.74) is 1.07. The smallest absolute Gasteiger partial charge is 0.183 e. The molecule has 0 fully saturated rings. The summed E-state index contributed by atoms with van der Waals surface area (Å²) < 4.78 is 3.31. The van der Waals surface area contributed by atoms with Crippen LogP contribution in [0.2, 0.25) is 0 Å². The number of imidazole rings is 1. The monoisotopic (exact) mass is 288 g/mol. The van der Waals surface area contributed by atoms with Crippen LogP contribution >= 0.6 is 11.3 Å². The summed E-state index contributed by atoms with van der Waals surface area (Å²) in [6.07, 6.45) is 6.70. The van der Waals surface area contributed by atoms with Crippen molar-refractivity contribution in [3.05, 3.63) is 43.0 Å². The standard InChI is InChI=1S/C13H14N4S.C2H6/c1-2-5-12-11(4-1)16-13(18-12)15-6-3-8-17-9-7-14-10-17;1-2/h1-2,4-5,7,9-10H,3,6,8H2,(H,15,16);1-2H3. The molecule has 0 aliphatic carbocycles. The van der Waals surface area contributed by atoms with E-state index in [0.717, 1.165) is 30.2 Å². The molecule has 0 saturated heterocycles. The molecule has 0 spiro atoms. The number of nitrogens with zero attached hydrogens (tertiary/aromatic N) is 3. The Morgan fingerprint density at radius 2 is 2.10 bits per heavy atom. The van der Waals surface area contributed by atoms with Gasteiger partial charge in [0.15, 0.2) is 5.13 Å². The van der Waals surface area contributed by atoms with Crippen LogP contribution in [0.15, 0.2) is 43.0 Å². The van der Waals surface area contributed by atoms with E-state index >= 15 is 0 Å². The van der Waals surface area contributed by atoms with Gasteiger partial charge in [0.1, 0.15) is 0 Å². The maximum absolute atomic E-state index is 4.54. The third kappa shape index (κ3) is 3.81. The maximum Gasteiger partial charge on any atom is 0.183 e. The van der Waals surface area contributed by atoms with Crippen molar-refractivity contribution in [1.29, 1.82) is 0 Å². The zero-order chi connectivity index (χ0) is 14.2. The third-order valence-electron chi connectivity index (χ3n) is 2.72. The first-order chi connectivity index (χ1) is 9.92. The quantitative estimate of drug-likeness (QED) is 0.721. The van der Waals surface area contributed by atoms with Gasteiger partial charge in [-0.15, -0.1) is 0 Å². The van der Waals surface area contributed by atoms with E-state index in [1.165, 1.54) is 4.70 Å². The number of aromatic nitrogens is 3. The van der Waals surface area contributed by atoms with E-state index in [4.69, 9.17) is 0 Å². The number of fused-ring (bicyclic) bond motifs is 1. The minimum atomic E-state index is 0.929. The molecule has 0 aliphatic rings. The summed E-state index contributed by atoms with van der Waals surface area (Å²) in [6, 6.07) is 8.21. The molecule has 0 unspecified atom stereocenters. The lowest BCUT2D eigenvalue weighted by Crippen LogP contribution is -2.05. The number of hydrogen-bond acceptors (Lipinski definition) is 4. The maximum atomic E-state index is 4.54. The zero-order valence-electron chi connectivity index (χ0n) is 11.9. The first-order valence-electron chi connectivity index (χ1n) is 6.97. The Bertz CT molecular complexity index is 583. The fourth-order valence-electron chi connectivity index (χ4n) is 1.82. The van der Waals surface area contributed by atoms with Gasteiger partial charge >= 0.3 is 0 Å². The lowest BCUT2D eigenvalue weighted by atomic mass is 10.3. The van der Waals surface area contributed by atoms with Crippen molar-refractivity contribution in [2.45, 2.75) is 26.8 Å². The first-order valence-corrected chi connectivity index (χ1v) is 7.79. The molecule has 1 aromatic carbocycles. The predicted octanol–water partition coefficient (Wildman–Crippen LogP) is 4.02. The molecular weight excluding hydrogens is 268 g/mol. The Labute approximate surface area is 123 Å². The number of aryl methyl sites for hydroxylation is 1. The van der Waals surface area contributed by atoms with Crippen LogP contribution in [-0.4, -0.2) is 21.1 Å². The molecule has 0 saturated carbocycles. The topological polar surface area (TPSA) is 42.7 Å². The summed E-state index contributed by atoms with van der Waals surface area (Å²) in [4.78, 5) is 8.56. The summed E-state index contributed by atoms with van der Waals surface area (Å²) in [6.45, 7) is 5.91. The highest BCUT2D eigenvalue weighted by atomic mass is 32.1. The Hall–Kier alpha value is -1.88. The van der Waals surface area contributed by atoms with Crippen LogP contribution in [0.5, 0.6) is 0 Å². The third-order valence-corrected chi connectivity index (χ3v) is 3.72. The van der Waals surface area contributed by atoms with Crippen molar-refractivity contribution in [1.82, 2.24) is 14.5 Å². The average molecular weight is 288 g/mol. The van der Waals surface area contributed by atoms with Crippen molar-refractivity contribution in [2.24, 2.45) is 0 Å². The van der Waals surface area contributed by atoms with Gasteiger partial charge in [-0.25, -0.2) is 9.97 Å². The summed E-state index contributed by atoms with van der Waals surface area (Å²) in [7, 11) is 0. The van der Waals surface area contributed by atoms with Crippen LogP contribution in [0.25, 0.3) is 10.2 Å². The second-order valence-electron chi connectivity index (χ2n) is 4.07. The van der Waals surface area contributed by atoms with Crippen LogP contribution in [0, 0.1) is 0 Å². The lowest BCUT2D eigenvalue weighted by Gasteiger charge is -2.02. The Morgan fingerprint density at radius 1 is 1.25 bits per heavy atom. The molecule has 3 aromatic rings. The van der Waals surface area contributed by atoms with E-state index in [0.29, 0.717) is 0 Å². The number of anilines is 1. The van der Waals surface area contributed by atoms with Crippen LogP contribution in [0.1, 0.15) is 20.3 Å². The van der Waals surface area contributed by atoms with E-state index in [9.17, 15) is 0 Å². The fraction of sp³-hybridized carbons (Fsp3) is 0.333. The van der Waals surface area contributed by atoms with Crippen molar-refractivity contribution < 1.29 is 0 Å². The number of hydrogen-bond donors (Lipinski definition) is 1. The fourth-order valence-corrected chi connectivity index (χ4v) is 2.72. The first kappa shape index (κ1) is 14.5. The van der Waals surface area contributed by atoms with Crippen LogP contribution in [-0.2, 0) is 6.54 Å². The van der Waals surface area contributed by atoms with Gasteiger partial charge in [0, 0.05) is 25.5 Å². The lowest BCUT2D eigenvalue weighted by molar-refractivity contribution is 0.660. The van der Waals surface area contributed by atoms with E-state index in [1.54, 1.807) is 17.5 Å².